The van der Waals surface area contributed by atoms with Crippen molar-refractivity contribution in [3.05, 3.63) is 27.8 Å². The summed E-state index contributed by atoms with van der Waals surface area (Å²) in [4.78, 5) is 16.1. The molecule has 0 fully saturated rings. The second kappa shape index (κ2) is 4.87. The van der Waals surface area contributed by atoms with Crippen LogP contribution in [0.25, 0.3) is 0 Å². The van der Waals surface area contributed by atoms with Crippen LogP contribution in [0, 0.1) is 6.92 Å². The van der Waals surface area contributed by atoms with Gasteiger partial charge in [-0.2, -0.15) is 5.10 Å². The molecule has 6 nitrogen and oxygen atoms in total. The first-order chi connectivity index (χ1) is 8.47. The lowest BCUT2D eigenvalue weighted by Crippen LogP contribution is -2.13. The van der Waals surface area contributed by atoms with Crippen LogP contribution in [0.1, 0.15) is 34.2 Å². The normalized spacial score (nSPS) is 12.4. The summed E-state index contributed by atoms with van der Waals surface area (Å²) >= 11 is 1.38. The SMILES string of the molecule is Cc1cc(NC(=O)c2csc(C(C)N)n2)nn1C. The van der Waals surface area contributed by atoms with Gasteiger partial charge in [0.2, 0.25) is 0 Å². The van der Waals surface area contributed by atoms with Crippen LogP contribution in [-0.2, 0) is 7.05 Å². The van der Waals surface area contributed by atoms with E-state index in [9.17, 15) is 4.79 Å². The molecule has 1 atom stereocenters. The molecule has 2 heterocycles. The van der Waals surface area contributed by atoms with Crippen LogP contribution in [0.4, 0.5) is 5.82 Å². The lowest BCUT2D eigenvalue weighted by atomic mass is 10.4. The Bertz CT molecular complexity index is 552. The van der Waals surface area contributed by atoms with Gasteiger partial charge in [-0.25, -0.2) is 4.98 Å². The van der Waals surface area contributed by atoms with Crippen LogP contribution < -0.4 is 11.1 Å². The Hall–Kier alpha value is -1.73. The number of aromatic nitrogens is 3. The molecule has 1 unspecified atom stereocenters. The van der Waals surface area contributed by atoms with Crippen molar-refractivity contribution in [3.63, 3.8) is 0 Å². The Kier molecular flexibility index (Phi) is 3.44. The third-order valence-corrected chi connectivity index (χ3v) is 3.55. The maximum absolute atomic E-state index is 11.9. The van der Waals surface area contributed by atoms with Gasteiger partial charge >= 0.3 is 0 Å². The van der Waals surface area contributed by atoms with Gasteiger partial charge in [0.15, 0.2) is 5.82 Å². The Morgan fingerprint density at radius 3 is 2.83 bits per heavy atom. The zero-order chi connectivity index (χ0) is 13.3. The molecule has 1 amide bonds. The average Bonchev–Trinajstić information content (AvgIpc) is 2.87. The Balaban J connectivity index is 2.11. The lowest BCUT2D eigenvalue weighted by Gasteiger charge is -1.99. The molecule has 0 aliphatic heterocycles. The topological polar surface area (TPSA) is 85.8 Å². The summed E-state index contributed by atoms with van der Waals surface area (Å²) in [6, 6.07) is 1.64. The zero-order valence-electron chi connectivity index (χ0n) is 10.5. The summed E-state index contributed by atoms with van der Waals surface area (Å²) in [6.45, 7) is 3.75. The van der Waals surface area contributed by atoms with Gasteiger partial charge < -0.3 is 11.1 Å². The first-order valence-corrected chi connectivity index (χ1v) is 6.38. The standard InChI is InChI=1S/C11H15N5OS/c1-6-4-9(15-16(6)3)14-10(17)8-5-18-11(13-8)7(2)12/h4-5,7H,12H2,1-3H3,(H,14,15,17). The Morgan fingerprint density at radius 2 is 2.33 bits per heavy atom. The minimum Gasteiger partial charge on any atom is -0.322 e. The quantitative estimate of drug-likeness (QED) is 0.879. The molecule has 0 aliphatic carbocycles. The lowest BCUT2D eigenvalue weighted by molar-refractivity contribution is 0.102. The fourth-order valence-electron chi connectivity index (χ4n) is 1.40. The summed E-state index contributed by atoms with van der Waals surface area (Å²) in [7, 11) is 1.82. The number of aryl methyl sites for hydroxylation is 2. The minimum absolute atomic E-state index is 0.159. The molecular formula is C11H15N5OS. The Morgan fingerprint density at radius 1 is 1.61 bits per heavy atom. The van der Waals surface area contributed by atoms with Gasteiger partial charge in [0.05, 0.1) is 6.04 Å². The molecule has 0 aromatic carbocycles. The van der Waals surface area contributed by atoms with E-state index in [4.69, 9.17) is 5.73 Å². The number of carbonyl (C=O) groups is 1. The van der Waals surface area contributed by atoms with Gasteiger partial charge in [0, 0.05) is 24.2 Å². The molecule has 0 radical (unpaired) electrons. The van der Waals surface area contributed by atoms with E-state index in [0.717, 1.165) is 10.7 Å². The highest BCUT2D eigenvalue weighted by Gasteiger charge is 2.14. The van der Waals surface area contributed by atoms with Crippen molar-refractivity contribution < 1.29 is 4.79 Å². The second-order valence-corrected chi connectivity index (χ2v) is 5.00. The smallest absolute Gasteiger partial charge is 0.276 e. The predicted octanol–water partition coefficient (Wildman–Crippen LogP) is 1.46. The van der Waals surface area contributed by atoms with E-state index in [-0.39, 0.29) is 11.9 Å². The highest BCUT2D eigenvalue weighted by Crippen LogP contribution is 2.17. The van der Waals surface area contributed by atoms with E-state index in [1.165, 1.54) is 11.3 Å². The molecule has 7 heteroatoms. The number of nitrogens with two attached hydrogens (primary N) is 1. The number of hydrogen-bond donors (Lipinski definition) is 2. The summed E-state index contributed by atoms with van der Waals surface area (Å²) in [5.41, 5.74) is 7.05. The molecule has 0 spiro atoms. The van der Waals surface area contributed by atoms with Crippen molar-refractivity contribution in [2.75, 3.05) is 5.32 Å². The zero-order valence-corrected chi connectivity index (χ0v) is 11.3. The van der Waals surface area contributed by atoms with Crippen LogP contribution in [-0.4, -0.2) is 20.7 Å². The second-order valence-electron chi connectivity index (χ2n) is 4.11. The first-order valence-electron chi connectivity index (χ1n) is 5.50. The van der Waals surface area contributed by atoms with E-state index < -0.39 is 0 Å². The number of anilines is 1. The van der Waals surface area contributed by atoms with Crippen LogP contribution >= 0.6 is 11.3 Å². The van der Waals surface area contributed by atoms with Crippen LogP contribution in [0.3, 0.4) is 0 Å². The molecule has 96 valence electrons. The summed E-state index contributed by atoms with van der Waals surface area (Å²) in [5, 5.41) is 9.30. The van der Waals surface area contributed by atoms with E-state index in [1.807, 2.05) is 20.9 Å². The molecule has 18 heavy (non-hydrogen) atoms. The van der Waals surface area contributed by atoms with E-state index in [2.05, 4.69) is 15.4 Å². The van der Waals surface area contributed by atoms with E-state index in [1.54, 1.807) is 16.1 Å². The summed E-state index contributed by atoms with van der Waals surface area (Å²) in [5.74, 6) is 0.256. The molecule has 0 aliphatic rings. The third kappa shape index (κ3) is 2.57. The van der Waals surface area contributed by atoms with Crippen molar-refractivity contribution >= 4 is 23.1 Å². The number of thiazole rings is 1. The third-order valence-electron chi connectivity index (χ3n) is 2.50. The number of carbonyl (C=O) groups excluding carboxylic acids is 1. The predicted molar refractivity (Wildman–Crippen MR) is 70.6 cm³/mol. The van der Waals surface area contributed by atoms with Gasteiger partial charge in [-0.3, -0.25) is 9.48 Å². The van der Waals surface area contributed by atoms with Gasteiger partial charge in [-0.1, -0.05) is 0 Å². The maximum Gasteiger partial charge on any atom is 0.276 e. The fourth-order valence-corrected chi connectivity index (χ4v) is 2.16. The number of nitrogens with zero attached hydrogens (tertiary/aromatic N) is 3. The van der Waals surface area contributed by atoms with Crippen LogP contribution in [0.15, 0.2) is 11.4 Å². The van der Waals surface area contributed by atoms with Crippen molar-refractivity contribution in [1.82, 2.24) is 14.8 Å². The molecule has 0 saturated heterocycles. The average molecular weight is 265 g/mol. The van der Waals surface area contributed by atoms with Crippen molar-refractivity contribution in [2.24, 2.45) is 12.8 Å². The van der Waals surface area contributed by atoms with Gasteiger partial charge in [0.1, 0.15) is 10.7 Å². The minimum atomic E-state index is -0.267. The molecule has 2 aromatic rings. The highest BCUT2D eigenvalue weighted by atomic mass is 32.1. The number of hydrogen-bond acceptors (Lipinski definition) is 5. The van der Waals surface area contributed by atoms with Crippen molar-refractivity contribution in [3.8, 4) is 0 Å². The largest absolute Gasteiger partial charge is 0.322 e. The fraction of sp³-hybridized carbons (Fsp3) is 0.364. The van der Waals surface area contributed by atoms with E-state index >= 15 is 0 Å². The van der Waals surface area contributed by atoms with Gasteiger partial charge in [-0.05, 0) is 13.8 Å². The summed E-state index contributed by atoms with van der Waals surface area (Å²) in [6.07, 6.45) is 0. The number of nitrogens with one attached hydrogen (secondary N) is 1. The summed E-state index contributed by atoms with van der Waals surface area (Å²) < 4.78 is 1.70. The molecule has 2 aromatic heterocycles. The number of rotatable bonds is 3. The molecule has 2 rings (SSSR count). The first kappa shape index (κ1) is 12.7. The van der Waals surface area contributed by atoms with E-state index in [0.29, 0.717) is 11.5 Å². The molecular weight excluding hydrogens is 250 g/mol. The van der Waals surface area contributed by atoms with Crippen molar-refractivity contribution in [2.45, 2.75) is 19.9 Å². The highest BCUT2D eigenvalue weighted by molar-refractivity contribution is 7.09. The maximum atomic E-state index is 11.9. The monoisotopic (exact) mass is 265 g/mol. The van der Waals surface area contributed by atoms with Gasteiger partial charge in [-0.15, -0.1) is 11.3 Å². The van der Waals surface area contributed by atoms with Crippen molar-refractivity contribution in [1.29, 1.82) is 0 Å². The molecule has 0 saturated carbocycles. The van der Waals surface area contributed by atoms with Crippen LogP contribution in [0.2, 0.25) is 0 Å². The number of amides is 1. The van der Waals surface area contributed by atoms with Crippen LogP contribution in [0.5, 0.6) is 0 Å². The molecule has 0 bridgehead atoms. The molecule has 3 N–H and O–H groups in total. The Labute approximate surface area is 109 Å². The van der Waals surface area contributed by atoms with Gasteiger partial charge in [0.25, 0.3) is 5.91 Å².